The van der Waals surface area contributed by atoms with Crippen molar-refractivity contribution in [3.63, 3.8) is 0 Å². The number of aliphatic imine (C=N–C) groups is 1. The van der Waals surface area contributed by atoms with Crippen molar-refractivity contribution in [2.75, 3.05) is 5.88 Å². The molecule has 0 N–H and O–H groups in total. The van der Waals surface area contributed by atoms with E-state index in [0.717, 1.165) is 0 Å². The molecule has 0 amide bonds. The lowest BCUT2D eigenvalue weighted by atomic mass is 10.1. The van der Waals surface area contributed by atoms with Gasteiger partial charge in [-0.1, -0.05) is 0 Å². The van der Waals surface area contributed by atoms with Crippen molar-refractivity contribution < 1.29 is 4.79 Å². The zero-order valence-electron chi connectivity index (χ0n) is 6.66. The van der Waals surface area contributed by atoms with Crippen LogP contribution in [0.5, 0.6) is 0 Å². The van der Waals surface area contributed by atoms with E-state index in [9.17, 15) is 4.79 Å². The topological polar surface area (TPSA) is 29.4 Å². The molecule has 0 bridgehead atoms. The van der Waals surface area contributed by atoms with E-state index in [1.54, 1.807) is 24.3 Å². The highest BCUT2D eigenvalue weighted by Gasteiger charge is 2.02. The minimum Gasteiger partial charge on any atom is -0.293 e. The van der Waals surface area contributed by atoms with Crippen molar-refractivity contribution in [2.24, 2.45) is 4.99 Å². The van der Waals surface area contributed by atoms with Crippen LogP contribution >= 0.6 is 23.8 Å². The summed E-state index contributed by atoms with van der Waals surface area (Å²) < 4.78 is 0. The first-order chi connectivity index (χ1) is 6.27. The van der Waals surface area contributed by atoms with Crippen molar-refractivity contribution in [2.45, 2.75) is 0 Å². The maximum absolute atomic E-state index is 11.1. The van der Waals surface area contributed by atoms with E-state index in [-0.39, 0.29) is 11.7 Å². The van der Waals surface area contributed by atoms with Crippen molar-refractivity contribution in [1.82, 2.24) is 0 Å². The van der Waals surface area contributed by atoms with Crippen LogP contribution in [0.15, 0.2) is 29.3 Å². The molecule has 0 aliphatic heterocycles. The molecule has 2 nitrogen and oxygen atoms in total. The fourth-order valence-electron chi connectivity index (χ4n) is 0.852. The molecule has 0 unspecified atom stereocenters. The molecule has 0 atom stereocenters. The summed E-state index contributed by atoms with van der Waals surface area (Å²) in [5, 5.41) is 2.24. The minimum atomic E-state index is -0.0976. The Morgan fingerprint density at radius 1 is 1.46 bits per heavy atom. The van der Waals surface area contributed by atoms with Gasteiger partial charge in [0.2, 0.25) is 0 Å². The second-order valence-electron chi connectivity index (χ2n) is 2.31. The van der Waals surface area contributed by atoms with Crippen LogP contribution in [0, 0.1) is 0 Å². The zero-order chi connectivity index (χ0) is 9.68. The van der Waals surface area contributed by atoms with Crippen molar-refractivity contribution in [3.8, 4) is 0 Å². The SMILES string of the molecule is O=C(CCl)c1ccc(N=C=S)cc1. The van der Waals surface area contributed by atoms with Crippen molar-refractivity contribution in [3.05, 3.63) is 29.8 Å². The van der Waals surface area contributed by atoms with Crippen molar-refractivity contribution >= 4 is 40.5 Å². The maximum atomic E-state index is 11.1. The van der Waals surface area contributed by atoms with Gasteiger partial charge in [-0.05, 0) is 36.5 Å². The van der Waals surface area contributed by atoms with E-state index < -0.39 is 0 Å². The molecule has 0 aliphatic rings. The van der Waals surface area contributed by atoms with Gasteiger partial charge in [0, 0.05) is 5.56 Å². The Morgan fingerprint density at radius 3 is 2.54 bits per heavy atom. The van der Waals surface area contributed by atoms with Gasteiger partial charge in [0.05, 0.1) is 16.7 Å². The summed E-state index contributed by atoms with van der Waals surface area (Å²) in [6.07, 6.45) is 0. The summed E-state index contributed by atoms with van der Waals surface area (Å²) in [5.41, 5.74) is 1.26. The number of ketones is 1. The van der Waals surface area contributed by atoms with Crippen LogP contribution in [0.3, 0.4) is 0 Å². The molecule has 0 fully saturated rings. The van der Waals surface area contributed by atoms with Gasteiger partial charge in [0.25, 0.3) is 0 Å². The second-order valence-corrected chi connectivity index (χ2v) is 2.76. The molecule has 13 heavy (non-hydrogen) atoms. The van der Waals surface area contributed by atoms with Gasteiger partial charge in [-0.15, -0.1) is 11.6 Å². The number of carbonyl (C=O) groups is 1. The third kappa shape index (κ3) is 2.74. The van der Waals surface area contributed by atoms with E-state index in [2.05, 4.69) is 22.4 Å². The fraction of sp³-hybridized carbons (Fsp3) is 0.111. The molecule has 66 valence electrons. The molecule has 0 spiro atoms. The number of rotatable bonds is 3. The van der Waals surface area contributed by atoms with E-state index >= 15 is 0 Å². The first kappa shape index (κ1) is 10.1. The third-order valence-corrected chi connectivity index (χ3v) is 1.82. The Balaban J connectivity index is 2.93. The number of alkyl halides is 1. The number of isothiocyanates is 1. The van der Waals surface area contributed by atoms with Gasteiger partial charge in [0.1, 0.15) is 0 Å². The first-order valence-electron chi connectivity index (χ1n) is 3.55. The number of nitrogens with zero attached hydrogens (tertiary/aromatic N) is 1. The summed E-state index contributed by atoms with van der Waals surface area (Å²) in [5.74, 6) is -0.102. The van der Waals surface area contributed by atoms with Crippen molar-refractivity contribution in [1.29, 1.82) is 0 Å². The Hall–Kier alpha value is -1.02. The average molecular weight is 212 g/mol. The van der Waals surface area contributed by atoms with E-state index in [4.69, 9.17) is 11.6 Å². The molecule has 0 aromatic heterocycles. The number of carbonyl (C=O) groups excluding carboxylic acids is 1. The van der Waals surface area contributed by atoms with E-state index in [1.807, 2.05) is 0 Å². The number of Topliss-reactive ketones (excluding diaryl/α,β-unsaturated/α-hetero) is 1. The van der Waals surface area contributed by atoms with Gasteiger partial charge in [-0.25, -0.2) is 0 Å². The van der Waals surface area contributed by atoms with Gasteiger partial charge < -0.3 is 0 Å². The molecule has 0 radical (unpaired) electrons. The highest BCUT2D eigenvalue weighted by molar-refractivity contribution is 7.78. The molecule has 0 saturated heterocycles. The zero-order valence-corrected chi connectivity index (χ0v) is 8.23. The molecule has 1 aromatic carbocycles. The maximum Gasteiger partial charge on any atom is 0.177 e. The molecule has 0 saturated carbocycles. The Labute approximate surface area is 86.2 Å². The lowest BCUT2D eigenvalue weighted by Gasteiger charge is -1.95. The highest BCUT2D eigenvalue weighted by Crippen LogP contribution is 2.12. The lowest BCUT2D eigenvalue weighted by molar-refractivity contribution is 0.102. The van der Waals surface area contributed by atoms with Gasteiger partial charge in [-0.3, -0.25) is 4.79 Å². The number of thiocarbonyl (C=S) groups is 1. The summed E-state index contributed by atoms with van der Waals surface area (Å²) in [6.45, 7) is 0. The molecular formula is C9H6ClNOS. The molecule has 1 rings (SSSR count). The standard InChI is InChI=1S/C9H6ClNOS/c10-5-9(12)7-1-3-8(4-2-7)11-6-13/h1-4H,5H2. The van der Waals surface area contributed by atoms with E-state index in [1.165, 1.54) is 0 Å². The van der Waals surface area contributed by atoms with Crippen LogP contribution in [-0.2, 0) is 0 Å². The second kappa shape index (κ2) is 4.87. The normalized spacial score (nSPS) is 9.00. The van der Waals surface area contributed by atoms with Gasteiger partial charge in [-0.2, -0.15) is 4.99 Å². The number of halogens is 1. The Morgan fingerprint density at radius 2 is 2.08 bits per heavy atom. The Kier molecular flexibility index (Phi) is 3.77. The average Bonchev–Trinajstić information content (AvgIpc) is 2.18. The summed E-state index contributed by atoms with van der Waals surface area (Å²) >= 11 is 9.82. The number of benzene rings is 1. The molecule has 0 aliphatic carbocycles. The smallest absolute Gasteiger partial charge is 0.177 e. The molecule has 4 heteroatoms. The third-order valence-electron chi connectivity index (χ3n) is 1.49. The summed E-state index contributed by atoms with van der Waals surface area (Å²) in [7, 11) is 0. The fourth-order valence-corrected chi connectivity index (χ4v) is 1.11. The highest BCUT2D eigenvalue weighted by atomic mass is 35.5. The molecular weight excluding hydrogens is 206 g/mol. The number of hydrogen-bond acceptors (Lipinski definition) is 3. The predicted octanol–water partition coefficient (Wildman–Crippen LogP) is 2.84. The number of hydrogen-bond donors (Lipinski definition) is 0. The van der Waals surface area contributed by atoms with Gasteiger partial charge in [0.15, 0.2) is 5.78 Å². The summed E-state index contributed by atoms with van der Waals surface area (Å²) in [4.78, 5) is 14.8. The minimum absolute atomic E-state index is 0.00419. The van der Waals surface area contributed by atoms with E-state index in [0.29, 0.717) is 11.3 Å². The molecule has 0 heterocycles. The van der Waals surface area contributed by atoms with Crippen LogP contribution in [-0.4, -0.2) is 16.8 Å². The predicted molar refractivity (Wildman–Crippen MR) is 56.2 cm³/mol. The molecule has 1 aromatic rings. The first-order valence-corrected chi connectivity index (χ1v) is 4.49. The van der Waals surface area contributed by atoms with Crippen LogP contribution in [0.25, 0.3) is 0 Å². The van der Waals surface area contributed by atoms with Crippen LogP contribution in [0.1, 0.15) is 10.4 Å². The lowest BCUT2D eigenvalue weighted by Crippen LogP contribution is -1.98. The quantitative estimate of drug-likeness (QED) is 0.333. The van der Waals surface area contributed by atoms with Crippen LogP contribution < -0.4 is 0 Å². The van der Waals surface area contributed by atoms with Gasteiger partial charge >= 0.3 is 0 Å². The van der Waals surface area contributed by atoms with Crippen LogP contribution in [0.2, 0.25) is 0 Å². The largest absolute Gasteiger partial charge is 0.293 e. The monoisotopic (exact) mass is 211 g/mol. The Bertz CT molecular complexity index is 354. The summed E-state index contributed by atoms with van der Waals surface area (Å²) in [6, 6.07) is 6.71. The van der Waals surface area contributed by atoms with Crippen LogP contribution in [0.4, 0.5) is 5.69 Å².